The van der Waals surface area contributed by atoms with Crippen LogP contribution in [0.2, 0.25) is 0 Å². The smallest absolute Gasteiger partial charge is 0.164 e. The lowest BCUT2D eigenvalue weighted by molar-refractivity contribution is 0.194. The quantitative estimate of drug-likeness (QED) is 0.751. The first-order valence-electron chi connectivity index (χ1n) is 8.96. The van der Waals surface area contributed by atoms with E-state index in [1.165, 1.54) is 45.3 Å². The van der Waals surface area contributed by atoms with E-state index in [9.17, 15) is 0 Å². The minimum absolute atomic E-state index is 0.570. The summed E-state index contributed by atoms with van der Waals surface area (Å²) in [4.78, 5) is 2.58. The second-order valence-electron chi connectivity index (χ2n) is 6.37. The highest BCUT2D eigenvalue weighted by atomic mass is 16.5. The summed E-state index contributed by atoms with van der Waals surface area (Å²) >= 11 is 0. The molecule has 1 fully saturated rings. The molecule has 0 aromatic heterocycles. The lowest BCUT2D eigenvalue weighted by Gasteiger charge is -2.32. The monoisotopic (exact) mass is 336 g/mol. The van der Waals surface area contributed by atoms with Crippen LogP contribution in [-0.2, 0) is 6.54 Å². The molecule has 0 aliphatic carbocycles. The molecule has 1 aromatic carbocycles. The third kappa shape index (κ3) is 5.02. The third-order valence-corrected chi connectivity index (χ3v) is 4.78. The minimum Gasteiger partial charge on any atom is -0.496 e. The number of hydrogen-bond acceptors (Lipinski definition) is 5. The van der Waals surface area contributed by atoms with Crippen LogP contribution in [0.3, 0.4) is 0 Å². The molecule has 1 N–H and O–H groups in total. The molecule has 0 unspecified atom stereocenters. The van der Waals surface area contributed by atoms with Gasteiger partial charge in [-0.3, -0.25) is 0 Å². The number of methoxy groups -OCH3 is 3. The maximum atomic E-state index is 5.50. The molecule has 1 aliphatic heterocycles. The summed E-state index contributed by atoms with van der Waals surface area (Å²) in [6.45, 7) is 6.67. The Morgan fingerprint density at radius 2 is 1.62 bits per heavy atom. The van der Waals surface area contributed by atoms with Gasteiger partial charge in [-0.25, -0.2) is 0 Å². The van der Waals surface area contributed by atoms with Crippen LogP contribution in [0.25, 0.3) is 0 Å². The van der Waals surface area contributed by atoms with Gasteiger partial charge in [0.05, 0.1) is 21.3 Å². The van der Waals surface area contributed by atoms with E-state index in [-0.39, 0.29) is 0 Å². The molecule has 1 saturated heterocycles. The normalized spacial score (nSPS) is 16.2. The predicted molar refractivity (Wildman–Crippen MR) is 97.3 cm³/mol. The molecular weight excluding hydrogens is 304 g/mol. The fraction of sp³-hybridized carbons (Fsp3) is 0.684. The maximum absolute atomic E-state index is 5.50. The predicted octanol–water partition coefficient (Wildman–Crippen LogP) is 3.07. The fourth-order valence-electron chi connectivity index (χ4n) is 3.23. The zero-order valence-corrected chi connectivity index (χ0v) is 15.6. The highest BCUT2D eigenvalue weighted by molar-refractivity contribution is 5.50. The fourth-order valence-corrected chi connectivity index (χ4v) is 3.23. The molecule has 24 heavy (non-hydrogen) atoms. The summed E-state index contributed by atoms with van der Waals surface area (Å²) in [6, 6.07) is 4.46. The van der Waals surface area contributed by atoms with E-state index in [1.54, 1.807) is 21.3 Å². The van der Waals surface area contributed by atoms with Gasteiger partial charge in [-0.15, -0.1) is 0 Å². The van der Waals surface area contributed by atoms with Gasteiger partial charge in [0.15, 0.2) is 11.5 Å². The van der Waals surface area contributed by atoms with Crippen molar-refractivity contribution in [3.05, 3.63) is 17.7 Å². The van der Waals surface area contributed by atoms with Gasteiger partial charge in [0, 0.05) is 24.2 Å². The van der Waals surface area contributed by atoms with Crippen LogP contribution < -0.4 is 19.5 Å². The summed E-state index contributed by atoms with van der Waals surface area (Å²) in [5.41, 5.74) is 1.10. The molecule has 0 radical (unpaired) electrons. The van der Waals surface area contributed by atoms with E-state index < -0.39 is 0 Å². The van der Waals surface area contributed by atoms with E-state index in [1.807, 2.05) is 12.1 Å². The van der Waals surface area contributed by atoms with Crippen LogP contribution in [0.5, 0.6) is 17.2 Å². The van der Waals surface area contributed by atoms with E-state index in [4.69, 9.17) is 14.2 Å². The first-order chi connectivity index (χ1) is 11.7. The van der Waals surface area contributed by atoms with E-state index in [0.717, 1.165) is 23.6 Å². The first-order valence-corrected chi connectivity index (χ1v) is 8.96. The van der Waals surface area contributed by atoms with Crippen molar-refractivity contribution >= 4 is 0 Å². The van der Waals surface area contributed by atoms with Crippen molar-refractivity contribution in [3.63, 3.8) is 0 Å². The summed E-state index contributed by atoms with van der Waals surface area (Å²) in [6.07, 6.45) is 5.00. The highest BCUT2D eigenvalue weighted by Crippen LogP contribution is 2.34. The van der Waals surface area contributed by atoms with Crippen molar-refractivity contribution in [1.82, 2.24) is 10.2 Å². The van der Waals surface area contributed by atoms with Crippen molar-refractivity contribution in [2.24, 2.45) is 0 Å². The number of benzene rings is 1. The summed E-state index contributed by atoms with van der Waals surface area (Å²) in [7, 11) is 4.99. The molecule has 0 bridgehead atoms. The number of hydrogen-bond donors (Lipinski definition) is 1. The summed E-state index contributed by atoms with van der Waals surface area (Å²) in [5, 5.41) is 3.67. The number of unbranched alkanes of at least 4 members (excludes halogenated alkanes) is 1. The van der Waals surface area contributed by atoms with E-state index in [2.05, 4.69) is 17.1 Å². The summed E-state index contributed by atoms with van der Waals surface area (Å²) in [5.74, 6) is 2.27. The molecule has 136 valence electrons. The highest BCUT2D eigenvalue weighted by Gasteiger charge is 2.19. The van der Waals surface area contributed by atoms with Crippen LogP contribution in [0, 0.1) is 0 Å². The topological polar surface area (TPSA) is 43.0 Å². The van der Waals surface area contributed by atoms with Crippen LogP contribution in [0.15, 0.2) is 12.1 Å². The Kier molecular flexibility index (Phi) is 7.66. The molecule has 5 nitrogen and oxygen atoms in total. The molecule has 1 aliphatic rings. The van der Waals surface area contributed by atoms with Gasteiger partial charge in [-0.2, -0.15) is 0 Å². The van der Waals surface area contributed by atoms with Crippen LogP contribution in [0.4, 0.5) is 0 Å². The second-order valence-corrected chi connectivity index (χ2v) is 6.37. The molecule has 1 aromatic rings. The van der Waals surface area contributed by atoms with E-state index in [0.29, 0.717) is 11.8 Å². The van der Waals surface area contributed by atoms with Crippen LogP contribution in [-0.4, -0.2) is 51.9 Å². The number of rotatable bonds is 9. The molecule has 2 rings (SSSR count). The largest absolute Gasteiger partial charge is 0.496 e. The van der Waals surface area contributed by atoms with Crippen LogP contribution >= 0.6 is 0 Å². The van der Waals surface area contributed by atoms with Gasteiger partial charge >= 0.3 is 0 Å². The Morgan fingerprint density at radius 1 is 1.00 bits per heavy atom. The zero-order valence-electron chi connectivity index (χ0n) is 15.6. The zero-order chi connectivity index (χ0) is 17.4. The van der Waals surface area contributed by atoms with Gasteiger partial charge in [0.1, 0.15) is 5.75 Å². The van der Waals surface area contributed by atoms with Gasteiger partial charge < -0.3 is 24.4 Å². The Bertz CT molecular complexity index is 500. The van der Waals surface area contributed by atoms with Gasteiger partial charge in [0.25, 0.3) is 0 Å². The molecular formula is C19H32N2O3. The number of ether oxygens (including phenoxy) is 3. The lowest BCUT2D eigenvalue weighted by atomic mass is 10.0. The number of nitrogens with one attached hydrogen (secondary N) is 1. The number of nitrogens with zero attached hydrogens (tertiary/aromatic N) is 1. The van der Waals surface area contributed by atoms with Crippen molar-refractivity contribution in [1.29, 1.82) is 0 Å². The van der Waals surface area contributed by atoms with Crippen LogP contribution in [0.1, 0.15) is 38.2 Å². The molecule has 0 spiro atoms. The lowest BCUT2D eigenvalue weighted by Crippen LogP contribution is -2.42. The average molecular weight is 336 g/mol. The molecule has 0 saturated carbocycles. The van der Waals surface area contributed by atoms with E-state index >= 15 is 0 Å². The van der Waals surface area contributed by atoms with Crippen molar-refractivity contribution in [3.8, 4) is 17.2 Å². The standard InChI is InChI=1S/C19H32N2O3/c1-5-6-9-21-10-7-16(8-11-21)20-14-15-12-18(23-3)19(24-4)13-17(15)22-2/h12-13,16,20H,5-11,14H2,1-4H3. The first kappa shape index (κ1) is 18.9. The van der Waals surface area contributed by atoms with Crippen molar-refractivity contribution in [2.45, 2.75) is 45.2 Å². The second kappa shape index (κ2) is 9.74. The number of piperidine rings is 1. The third-order valence-electron chi connectivity index (χ3n) is 4.78. The SMILES string of the molecule is CCCCN1CCC(NCc2cc(OC)c(OC)cc2OC)CC1. The Hall–Kier alpha value is -1.46. The molecule has 0 atom stereocenters. The van der Waals surface area contributed by atoms with Crippen molar-refractivity contribution < 1.29 is 14.2 Å². The average Bonchev–Trinajstić information content (AvgIpc) is 2.64. The number of likely N-dealkylation sites (tertiary alicyclic amines) is 1. The van der Waals surface area contributed by atoms with Gasteiger partial charge in [-0.05, 0) is 45.0 Å². The maximum Gasteiger partial charge on any atom is 0.164 e. The molecule has 0 amide bonds. The van der Waals surface area contributed by atoms with Gasteiger partial charge in [-0.1, -0.05) is 13.3 Å². The minimum atomic E-state index is 0.570. The van der Waals surface area contributed by atoms with Crippen molar-refractivity contribution in [2.75, 3.05) is 41.0 Å². The Labute approximate surface area is 146 Å². The Morgan fingerprint density at radius 3 is 2.21 bits per heavy atom. The molecule has 5 heteroatoms. The summed E-state index contributed by atoms with van der Waals surface area (Å²) < 4.78 is 16.3. The Balaban J connectivity index is 1.90. The van der Waals surface area contributed by atoms with Gasteiger partial charge in [0.2, 0.25) is 0 Å². The molecule has 1 heterocycles.